The Morgan fingerprint density at radius 1 is 1.62 bits per heavy atom. The zero-order valence-electron chi connectivity index (χ0n) is 4.92. The van der Waals surface area contributed by atoms with Crippen molar-refractivity contribution in [3.8, 4) is 0 Å². The Hall–Kier alpha value is 0.210. The van der Waals surface area contributed by atoms with Crippen LogP contribution in [-0.2, 0) is 27.2 Å². The Morgan fingerprint density at radius 2 is 2.12 bits per heavy atom. The Balaban J connectivity index is 0. The molecule has 0 aliphatic rings. The summed E-state index contributed by atoms with van der Waals surface area (Å²) in [6, 6.07) is 0. The zero-order chi connectivity index (χ0) is 5.70. The molecule has 0 rings (SSSR count). The second-order valence-corrected chi connectivity index (χ2v) is 1.50. The summed E-state index contributed by atoms with van der Waals surface area (Å²) in [4.78, 5) is 9.76. The van der Waals surface area contributed by atoms with Gasteiger partial charge in [-0.15, -0.1) is 0 Å². The molecular formula is C5H10NbO2. The summed E-state index contributed by atoms with van der Waals surface area (Å²) in [5.74, 6) is -0.693. The van der Waals surface area contributed by atoms with Crippen molar-refractivity contribution in [2.45, 2.75) is 26.2 Å². The number of hydrogen-bond donors (Lipinski definition) is 1. The monoisotopic (exact) mass is 195 g/mol. The molecule has 0 aliphatic carbocycles. The van der Waals surface area contributed by atoms with Crippen LogP contribution in [0.4, 0.5) is 0 Å². The van der Waals surface area contributed by atoms with Crippen LogP contribution < -0.4 is 0 Å². The third-order valence-corrected chi connectivity index (χ3v) is 0.744. The summed E-state index contributed by atoms with van der Waals surface area (Å²) in [5.41, 5.74) is 0. The Labute approximate surface area is 64.8 Å². The van der Waals surface area contributed by atoms with Crippen molar-refractivity contribution in [1.29, 1.82) is 0 Å². The number of aliphatic carboxylic acids is 1. The predicted molar refractivity (Wildman–Crippen MR) is 27.2 cm³/mol. The van der Waals surface area contributed by atoms with E-state index in [-0.39, 0.29) is 22.4 Å². The van der Waals surface area contributed by atoms with Crippen molar-refractivity contribution in [3.63, 3.8) is 0 Å². The quantitative estimate of drug-likeness (QED) is 0.688. The van der Waals surface area contributed by atoms with E-state index in [4.69, 9.17) is 5.11 Å². The van der Waals surface area contributed by atoms with Crippen molar-refractivity contribution in [3.05, 3.63) is 0 Å². The minimum absolute atomic E-state index is 0. The molecule has 0 fully saturated rings. The first-order chi connectivity index (χ1) is 3.27. The molecule has 8 heavy (non-hydrogen) atoms. The molecule has 0 unspecified atom stereocenters. The van der Waals surface area contributed by atoms with Crippen molar-refractivity contribution >= 4 is 5.97 Å². The molecule has 0 atom stereocenters. The number of unbranched alkanes of at least 4 members (excludes halogenated alkanes) is 1. The van der Waals surface area contributed by atoms with Crippen LogP contribution in [0.3, 0.4) is 0 Å². The van der Waals surface area contributed by atoms with Gasteiger partial charge in [0.2, 0.25) is 0 Å². The summed E-state index contributed by atoms with van der Waals surface area (Å²) in [6.45, 7) is 1.98. The SMILES string of the molecule is CCCCC(=O)O.[Nb]. The van der Waals surface area contributed by atoms with Gasteiger partial charge < -0.3 is 5.11 Å². The van der Waals surface area contributed by atoms with Crippen LogP contribution in [0.25, 0.3) is 0 Å². The maximum atomic E-state index is 9.76. The van der Waals surface area contributed by atoms with Gasteiger partial charge in [-0.25, -0.2) is 0 Å². The molecule has 0 amide bonds. The van der Waals surface area contributed by atoms with Crippen LogP contribution in [-0.4, -0.2) is 11.1 Å². The average Bonchev–Trinajstić information content (AvgIpc) is 1.61. The van der Waals surface area contributed by atoms with Crippen LogP contribution in [0.2, 0.25) is 0 Å². The average molecular weight is 195 g/mol. The van der Waals surface area contributed by atoms with Gasteiger partial charge >= 0.3 is 5.97 Å². The topological polar surface area (TPSA) is 37.3 Å². The van der Waals surface area contributed by atoms with Crippen molar-refractivity contribution in [2.75, 3.05) is 0 Å². The van der Waals surface area contributed by atoms with Crippen molar-refractivity contribution < 1.29 is 32.3 Å². The molecular weight excluding hydrogens is 185 g/mol. The minimum atomic E-state index is -0.693. The third-order valence-electron chi connectivity index (χ3n) is 0.744. The summed E-state index contributed by atoms with van der Waals surface area (Å²) in [7, 11) is 0. The first-order valence-electron chi connectivity index (χ1n) is 2.49. The first-order valence-corrected chi connectivity index (χ1v) is 2.49. The number of carboxylic acids is 1. The number of carboxylic acid groups (broad SMARTS) is 1. The maximum absolute atomic E-state index is 9.76. The minimum Gasteiger partial charge on any atom is -0.481 e. The predicted octanol–water partition coefficient (Wildman–Crippen LogP) is 1.26. The van der Waals surface area contributed by atoms with Gasteiger partial charge in [-0.05, 0) is 6.42 Å². The van der Waals surface area contributed by atoms with Crippen molar-refractivity contribution in [2.24, 2.45) is 0 Å². The fourth-order valence-electron chi connectivity index (χ4n) is 0.328. The van der Waals surface area contributed by atoms with E-state index in [1.807, 2.05) is 6.92 Å². The van der Waals surface area contributed by atoms with Crippen LogP contribution in [0.1, 0.15) is 26.2 Å². The summed E-state index contributed by atoms with van der Waals surface area (Å²) in [5, 5.41) is 8.04. The molecule has 0 heterocycles. The molecule has 0 aromatic heterocycles. The number of rotatable bonds is 3. The fourth-order valence-corrected chi connectivity index (χ4v) is 0.328. The van der Waals surface area contributed by atoms with Gasteiger partial charge in [0.25, 0.3) is 0 Å². The van der Waals surface area contributed by atoms with Gasteiger partial charge in [0.15, 0.2) is 0 Å². The molecule has 0 saturated carbocycles. The molecule has 0 saturated heterocycles. The first kappa shape index (κ1) is 11.1. The van der Waals surface area contributed by atoms with Crippen LogP contribution in [0.15, 0.2) is 0 Å². The molecule has 0 aromatic rings. The third kappa shape index (κ3) is 9.51. The Bertz CT molecular complexity index is 63.4. The molecule has 0 aromatic carbocycles. The van der Waals surface area contributed by atoms with Crippen molar-refractivity contribution in [1.82, 2.24) is 0 Å². The van der Waals surface area contributed by atoms with E-state index in [9.17, 15) is 4.79 Å². The van der Waals surface area contributed by atoms with Gasteiger partial charge in [-0.2, -0.15) is 0 Å². The second kappa shape index (κ2) is 7.21. The van der Waals surface area contributed by atoms with Gasteiger partial charge in [-0.3, -0.25) is 4.79 Å². The molecule has 47 valence electrons. The Morgan fingerprint density at radius 3 is 2.25 bits per heavy atom. The van der Waals surface area contributed by atoms with Gasteiger partial charge in [0.1, 0.15) is 0 Å². The van der Waals surface area contributed by atoms with Gasteiger partial charge in [0, 0.05) is 28.8 Å². The molecule has 0 aliphatic heterocycles. The molecule has 2 nitrogen and oxygen atoms in total. The van der Waals surface area contributed by atoms with E-state index in [1.54, 1.807) is 0 Å². The standard InChI is InChI=1S/C5H10O2.Nb/c1-2-3-4-5(6)7;/h2-4H2,1H3,(H,6,7);. The maximum Gasteiger partial charge on any atom is 0.303 e. The summed E-state index contributed by atoms with van der Waals surface area (Å²) < 4.78 is 0. The molecule has 0 spiro atoms. The van der Waals surface area contributed by atoms with E-state index in [0.29, 0.717) is 6.42 Å². The van der Waals surface area contributed by atoms with Crippen LogP contribution in [0.5, 0.6) is 0 Å². The van der Waals surface area contributed by atoms with E-state index in [2.05, 4.69) is 0 Å². The summed E-state index contributed by atoms with van der Waals surface area (Å²) >= 11 is 0. The van der Waals surface area contributed by atoms with E-state index in [0.717, 1.165) is 12.8 Å². The molecule has 1 N–H and O–H groups in total. The molecule has 3 heteroatoms. The van der Waals surface area contributed by atoms with Gasteiger partial charge in [-0.1, -0.05) is 13.3 Å². The second-order valence-electron chi connectivity index (χ2n) is 1.50. The smallest absolute Gasteiger partial charge is 0.303 e. The van der Waals surface area contributed by atoms with Gasteiger partial charge in [0.05, 0.1) is 0 Å². The van der Waals surface area contributed by atoms with E-state index < -0.39 is 5.97 Å². The van der Waals surface area contributed by atoms with Crippen LogP contribution in [0, 0.1) is 0 Å². The molecule has 0 bridgehead atoms. The van der Waals surface area contributed by atoms with E-state index in [1.165, 1.54) is 0 Å². The van der Waals surface area contributed by atoms with E-state index >= 15 is 0 Å². The largest absolute Gasteiger partial charge is 0.481 e. The van der Waals surface area contributed by atoms with Crippen LogP contribution >= 0.6 is 0 Å². The molecule has 1 radical (unpaired) electrons. The number of carbonyl (C=O) groups is 1. The fraction of sp³-hybridized carbons (Fsp3) is 0.800. The number of hydrogen-bond acceptors (Lipinski definition) is 1. The normalized spacial score (nSPS) is 7.62. The zero-order valence-corrected chi connectivity index (χ0v) is 7.12. The summed E-state index contributed by atoms with van der Waals surface area (Å²) in [6.07, 6.45) is 2.08. The Kier molecular flexibility index (Phi) is 9.97.